The molecule has 1 aliphatic heterocycles. The Balaban J connectivity index is 1.04. The second kappa shape index (κ2) is 10.1. The van der Waals surface area contributed by atoms with Gasteiger partial charge in [-0.05, 0) is 103 Å². The molecule has 0 radical (unpaired) electrons. The van der Waals surface area contributed by atoms with Crippen molar-refractivity contribution in [1.29, 1.82) is 0 Å². The number of amides is 2. The monoisotopic (exact) mass is 547 g/mol. The minimum atomic E-state index is -1.52. The third-order valence-electron chi connectivity index (χ3n) is 12.6. The van der Waals surface area contributed by atoms with Crippen molar-refractivity contribution in [3.8, 4) is 0 Å². The maximum Gasteiger partial charge on any atom is 0.261 e. The fourth-order valence-electron chi connectivity index (χ4n) is 10.4. The molecule has 4 aliphatic carbocycles. The van der Waals surface area contributed by atoms with Crippen LogP contribution in [0, 0.1) is 46.3 Å². The molecule has 3 fully saturated rings. The van der Waals surface area contributed by atoms with Gasteiger partial charge in [-0.1, -0.05) is 64.3 Å². The number of hydrogen-bond acceptors (Lipinski definition) is 4. The van der Waals surface area contributed by atoms with Gasteiger partial charge in [-0.3, -0.25) is 14.5 Å². The van der Waals surface area contributed by atoms with Crippen LogP contribution in [0.15, 0.2) is 35.9 Å². The first-order valence-electron chi connectivity index (χ1n) is 16.0. The van der Waals surface area contributed by atoms with E-state index in [-0.39, 0.29) is 17.2 Å². The summed E-state index contributed by atoms with van der Waals surface area (Å²) < 4.78 is 0. The van der Waals surface area contributed by atoms with Crippen LogP contribution < -0.4 is 0 Å². The maximum atomic E-state index is 12.8. The van der Waals surface area contributed by atoms with E-state index in [0.29, 0.717) is 53.7 Å². The fraction of sp³-hybridized carbons (Fsp3) is 0.714. The number of carbonyl (C=O) groups is 2. The van der Waals surface area contributed by atoms with Crippen molar-refractivity contribution in [1.82, 2.24) is 4.90 Å². The van der Waals surface area contributed by atoms with Gasteiger partial charge >= 0.3 is 0 Å². The van der Waals surface area contributed by atoms with Crippen molar-refractivity contribution >= 4 is 11.8 Å². The van der Waals surface area contributed by atoms with E-state index in [1.54, 1.807) is 12.1 Å². The number of allylic oxidation sites excluding steroid dienone is 1. The summed E-state index contributed by atoms with van der Waals surface area (Å²) in [6.07, 6.45) is 14.0. The Morgan fingerprint density at radius 1 is 0.925 bits per heavy atom. The first-order chi connectivity index (χ1) is 18.9. The predicted molar refractivity (Wildman–Crippen MR) is 156 cm³/mol. The molecule has 5 aliphatic rings. The normalized spacial score (nSPS) is 37.8. The second-order valence-corrected chi connectivity index (χ2v) is 14.9. The van der Waals surface area contributed by atoms with Gasteiger partial charge < -0.3 is 10.2 Å². The van der Waals surface area contributed by atoms with Gasteiger partial charge in [-0.25, -0.2) is 0 Å². The van der Waals surface area contributed by atoms with Crippen molar-refractivity contribution in [3.63, 3.8) is 0 Å². The summed E-state index contributed by atoms with van der Waals surface area (Å²) in [6, 6.07) is 7.18. The second-order valence-electron chi connectivity index (χ2n) is 14.9. The quantitative estimate of drug-likeness (QED) is 0.219. The number of aliphatic hydroxyl groups is 2. The minimum Gasteiger partial charge on any atom is -0.365 e. The molecule has 5 nitrogen and oxygen atoms in total. The Morgan fingerprint density at radius 3 is 2.33 bits per heavy atom. The van der Waals surface area contributed by atoms with Crippen LogP contribution in [0.1, 0.15) is 119 Å². The lowest BCUT2D eigenvalue weighted by atomic mass is 9.46. The van der Waals surface area contributed by atoms with E-state index in [1.807, 2.05) is 12.1 Å². The molecule has 0 aromatic heterocycles. The molecule has 0 bridgehead atoms. The number of fused-ring (bicyclic) bond motifs is 6. The minimum absolute atomic E-state index is 0.137. The summed E-state index contributed by atoms with van der Waals surface area (Å²) in [4.78, 5) is 27.0. The van der Waals surface area contributed by atoms with Crippen molar-refractivity contribution in [2.75, 3.05) is 6.54 Å². The van der Waals surface area contributed by atoms with Crippen LogP contribution in [-0.4, -0.2) is 39.3 Å². The topological polar surface area (TPSA) is 77.8 Å². The molecule has 3 saturated carbocycles. The van der Waals surface area contributed by atoms with Gasteiger partial charge in [0.1, 0.15) is 0 Å². The zero-order valence-electron chi connectivity index (χ0n) is 25.0. The van der Waals surface area contributed by atoms with Gasteiger partial charge in [0.15, 0.2) is 5.79 Å². The number of benzene rings is 1. The number of carbonyl (C=O) groups excluding carboxylic acids is 2. The third-order valence-corrected chi connectivity index (χ3v) is 12.6. The van der Waals surface area contributed by atoms with E-state index in [4.69, 9.17) is 0 Å². The molecule has 218 valence electrons. The Hall–Kier alpha value is -1.98. The maximum absolute atomic E-state index is 12.8. The number of imide groups is 1. The number of nitrogens with zero attached hydrogens (tertiary/aromatic N) is 1. The molecule has 1 aromatic rings. The van der Waals surface area contributed by atoms with Crippen LogP contribution in [0.5, 0.6) is 0 Å². The summed E-state index contributed by atoms with van der Waals surface area (Å²) >= 11 is 0. The summed E-state index contributed by atoms with van der Waals surface area (Å²) in [5.74, 6) is 2.13. The lowest BCUT2D eigenvalue weighted by Gasteiger charge is -2.59. The van der Waals surface area contributed by atoms with Gasteiger partial charge in [0.2, 0.25) is 0 Å². The van der Waals surface area contributed by atoms with Crippen molar-refractivity contribution in [2.45, 2.75) is 104 Å². The first kappa shape index (κ1) is 28.2. The van der Waals surface area contributed by atoms with Crippen LogP contribution in [-0.2, 0) is 0 Å². The fourth-order valence-corrected chi connectivity index (χ4v) is 10.4. The Kier molecular flexibility index (Phi) is 7.10. The highest BCUT2D eigenvalue weighted by atomic mass is 16.5. The van der Waals surface area contributed by atoms with Gasteiger partial charge in [0.05, 0.1) is 11.1 Å². The zero-order valence-corrected chi connectivity index (χ0v) is 25.0. The molecule has 0 saturated heterocycles. The summed E-state index contributed by atoms with van der Waals surface area (Å²) in [7, 11) is 0. The standard InChI is InChI=1S/C35H49NO4/c1-22(21-36-31(37)25-10-5-6-11-26(25)32(36)38)8-7-9-23(2)28-14-15-29-27-13-12-24-20-35(39,40)19-18-33(24,3)30(27)16-17-34(28,29)4/h5-6,10-12,22-23,27-30,39-40H,7-9,13-21H2,1-4H3/t22?,23-,27+,28-,29+,30+,33+,34-/m1/s1. The van der Waals surface area contributed by atoms with Crippen molar-refractivity contribution in [3.05, 3.63) is 47.0 Å². The summed E-state index contributed by atoms with van der Waals surface area (Å²) in [5.41, 5.74) is 2.94. The van der Waals surface area contributed by atoms with Gasteiger partial charge in [0, 0.05) is 19.4 Å². The molecule has 2 amide bonds. The van der Waals surface area contributed by atoms with E-state index >= 15 is 0 Å². The molecule has 6 rings (SSSR count). The lowest BCUT2D eigenvalue weighted by Crippen LogP contribution is -2.52. The summed E-state index contributed by atoms with van der Waals surface area (Å²) in [5, 5.41) is 20.7. The molecule has 8 atom stereocenters. The number of rotatable bonds is 7. The molecule has 1 heterocycles. The van der Waals surface area contributed by atoms with E-state index < -0.39 is 5.79 Å². The molecule has 40 heavy (non-hydrogen) atoms. The number of hydrogen-bond donors (Lipinski definition) is 2. The van der Waals surface area contributed by atoms with Crippen LogP contribution in [0.3, 0.4) is 0 Å². The predicted octanol–water partition coefficient (Wildman–Crippen LogP) is 6.99. The molecule has 1 aromatic carbocycles. The van der Waals surface area contributed by atoms with Gasteiger partial charge in [-0.2, -0.15) is 0 Å². The molecule has 5 heteroatoms. The Morgan fingerprint density at radius 2 is 1.62 bits per heavy atom. The van der Waals surface area contributed by atoms with Crippen molar-refractivity contribution < 1.29 is 19.8 Å². The SMILES string of the molecule is CC(CCC[C@@H](C)[C@H]1CC[C@H]2[C@@H]3CC=C4CC(O)(O)CC[C@]4(C)[C@H]3CC[C@]12C)CN1C(=O)c2ccccc2C1=O. The molecular weight excluding hydrogens is 498 g/mol. The van der Waals surface area contributed by atoms with E-state index in [2.05, 4.69) is 33.8 Å². The Bertz CT molecular complexity index is 1170. The van der Waals surface area contributed by atoms with E-state index in [9.17, 15) is 19.8 Å². The molecule has 0 spiro atoms. The van der Waals surface area contributed by atoms with Crippen LogP contribution >= 0.6 is 0 Å². The van der Waals surface area contributed by atoms with Crippen LogP contribution in [0.25, 0.3) is 0 Å². The average Bonchev–Trinajstić information content (AvgIpc) is 3.39. The van der Waals surface area contributed by atoms with Crippen LogP contribution in [0.4, 0.5) is 0 Å². The van der Waals surface area contributed by atoms with E-state index in [0.717, 1.165) is 43.4 Å². The third kappa shape index (κ3) is 4.51. The molecule has 1 unspecified atom stereocenters. The zero-order chi connectivity index (χ0) is 28.4. The highest BCUT2D eigenvalue weighted by Crippen LogP contribution is 2.67. The van der Waals surface area contributed by atoms with Gasteiger partial charge in [-0.15, -0.1) is 0 Å². The highest BCUT2D eigenvalue weighted by Gasteiger charge is 2.59. The smallest absolute Gasteiger partial charge is 0.261 e. The van der Waals surface area contributed by atoms with E-state index in [1.165, 1.54) is 42.6 Å². The first-order valence-corrected chi connectivity index (χ1v) is 16.0. The highest BCUT2D eigenvalue weighted by molar-refractivity contribution is 6.21. The molecule has 2 N–H and O–H groups in total. The lowest BCUT2D eigenvalue weighted by molar-refractivity contribution is -0.189. The van der Waals surface area contributed by atoms with Gasteiger partial charge in [0.25, 0.3) is 11.8 Å². The van der Waals surface area contributed by atoms with Crippen molar-refractivity contribution in [2.24, 2.45) is 46.3 Å². The Labute approximate surface area is 240 Å². The summed E-state index contributed by atoms with van der Waals surface area (Å²) in [6.45, 7) is 10.2. The molecular formula is C35H49NO4. The largest absolute Gasteiger partial charge is 0.365 e. The van der Waals surface area contributed by atoms with Crippen LogP contribution in [0.2, 0.25) is 0 Å². The average molecular weight is 548 g/mol.